The first-order valence-corrected chi connectivity index (χ1v) is 5.05. The number of aryl methyl sites for hydroxylation is 1. The van der Waals surface area contributed by atoms with E-state index in [0.717, 1.165) is 11.8 Å². The molecule has 5 heteroatoms. The van der Waals surface area contributed by atoms with Crippen molar-refractivity contribution in [2.24, 2.45) is 7.05 Å². The number of carbonyl (C=O) groups excluding carboxylic acids is 1. The van der Waals surface area contributed by atoms with Crippen LogP contribution in [0.4, 0.5) is 4.39 Å². The molecule has 2 rings (SSSR count). The van der Waals surface area contributed by atoms with Gasteiger partial charge in [-0.15, -0.1) is 0 Å². The monoisotopic (exact) mass is 234 g/mol. The Kier molecular flexibility index (Phi) is 3.18. The molecular formula is C12H11FN2O2. The number of nitrogens with zero attached hydrogens (tertiary/aromatic N) is 2. The lowest BCUT2D eigenvalue weighted by Crippen LogP contribution is -2.00. The number of halogens is 1. The van der Waals surface area contributed by atoms with Crippen LogP contribution in [0.5, 0.6) is 5.75 Å². The second-order valence-corrected chi connectivity index (χ2v) is 3.57. The van der Waals surface area contributed by atoms with Crippen molar-refractivity contribution in [1.82, 2.24) is 9.78 Å². The van der Waals surface area contributed by atoms with Crippen LogP contribution in [-0.4, -0.2) is 16.1 Å². The molecule has 17 heavy (non-hydrogen) atoms. The number of carbonyl (C=O) groups is 1. The predicted molar refractivity (Wildman–Crippen MR) is 59.3 cm³/mol. The molecule has 0 saturated carbocycles. The molecular weight excluding hydrogens is 223 g/mol. The quantitative estimate of drug-likeness (QED) is 0.759. The lowest BCUT2D eigenvalue weighted by Gasteiger charge is -2.06. The van der Waals surface area contributed by atoms with Gasteiger partial charge in [-0.1, -0.05) is 0 Å². The molecule has 0 atom stereocenters. The zero-order valence-corrected chi connectivity index (χ0v) is 9.26. The average Bonchev–Trinajstić information content (AvgIpc) is 2.73. The van der Waals surface area contributed by atoms with E-state index in [4.69, 9.17) is 4.74 Å². The van der Waals surface area contributed by atoms with Crippen LogP contribution >= 0.6 is 0 Å². The SMILES string of the molecule is Cn1ccc(COc2ccc(F)cc2C=O)n1. The first-order valence-electron chi connectivity index (χ1n) is 5.05. The van der Waals surface area contributed by atoms with E-state index >= 15 is 0 Å². The number of hydrogen-bond donors (Lipinski definition) is 0. The molecule has 0 fully saturated rings. The molecule has 0 aliphatic rings. The summed E-state index contributed by atoms with van der Waals surface area (Å²) < 4.78 is 19.9. The van der Waals surface area contributed by atoms with Crippen molar-refractivity contribution in [1.29, 1.82) is 0 Å². The van der Waals surface area contributed by atoms with Gasteiger partial charge in [0.2, 0.25) is 0 Å². The van der Waals surface area contributed by atoms with E-state index < -0.39 is 5.82 Å². The van der Waals surface area contributed by atoms with Gasteiger partial charge in [-0.2, -0.15) is 5.10 Å². The minimum Gasteiger partial charge on any atom is -0.486 e. The third-order valence-corrected chi connectivity index (χ3v) is 2.24. The number of ether oxygens (including phenoxy) is 1. The van der Waals surface area contributed by atoms with Crippen LogP contribution in [0, 0.1) is 5.82 Å². The van der Waals surface area contributed by atoms with Gasteiger partial charge in [0.05, 0.1) is 11.3 Å². The van der Waals surface area contributed by atoms with Crippen LogP contribution < -0.4 is 4.74 Å². The van der Waals surface area contributed by atoms with Crippen LogP contribution in [0.1, 0.15) is 16.1 Å². The molecule has 4 nitrogen and oxygen atoms in total. The molecule has 1 heterocycles. The molecule has 1 aromatic carbocycles. The van der Waals surface area contributed by atoms with Crippen molar-refractivity contribution in [3.05, 3.63) is 47.5 Å². The highest BCUT2D eigenvalue weighted by atomic mass is 19.1. The standard InChI is InChI=1S/C12H11FN2O2/c1-15-5-4-11(14-15)8-17-12-3-2-10(13)6-9(12)7-16/h2-7H,8H2,1H3. The maximum absolute atomic E-state index is 12.9. The smallest absolute Gasteiger partial charge is 0.153 e. The van der Waals surface area contributed by atoms with E-state index in [-0.39, 0.29) is 12.2 Å². The molecule has 0 amide bonds. The van der Waals surface area contributed by atoms with Crippen molar-refractivity contribution in [3.63, 3.8) is 0 Å². The fourth-order valence-corrected chi connectivity index (χ4v) is 1.43. The third kappa shape index (κ3) is 2.69. The highest BCUT2D eigenvalue weighted by molar-refractivity contribution is 5.79. The molecule has 0 unspecified atom stereocenters. The third-order valence-electron chi connectivity index (χ3n) is 2.24. The van der Waals surface area contributed by atoms with Gasteiger partial charge in [-0.3, -0.25) is 9.48 Å². The van der Waals surface area contributed by atoms with Crippen LogP contribution in [0.15, 0.2) is 30.5 Å². The molecule has 0 aliphatic heterocycles. The van der Waals surface area contributed by atoms with E-state index in [1.807, 2.05) is 6.07 Å². The Bertz CT molecular complexity index is 537. The molecule has 0 bridgehead atoms. The molecule has 2 aromatic rings. The lowest BCUT2D eigenvalue weighted by molar-refractivity contribution is 0.111. The minimum absolute atomic E-state index is 0.195. The molecule has 0 spiro atoms. The normalized spacial score (nSPS) is 10.2. The fourth-order valence-electron chi connectivity index (χ4n) is 1.43. The van der Waals surface area contributed by atoms with E-state index in [2.05, 4.69) is 5.10 Å². The summed E-state index contributed by atoms with van der Waals surface area (Å²) in [4.78, 5) is 10.7. The highest BCUT2D eigenvalue weighted by Gasteiger charge is 2.05. The topological polar surface area (TPSA) is 44.1 Å². The largest absolute Gasteiger partial charge is 0.486 e. The van der Waals surface area contributed by atoms with E-state index in [9.17, 15) is 9.18 Å². The lowest BCUT2D eigenvalue weighted by atomic mass is 10.2. The summed E-state index contributed by atoms with van der Waals surface area (Å²) in [5.74, 6) is -0.107. The van der Waals surface area contributed by atoms with Gasteiger partial charge < -0.3 is 4.74 Å². The Morgan fingerprint density at radius 1 is 1.47 bits per heavy atom. The van der Waals surface area contributed by atoms with Crippen molar-refractivity contribution >= 4 is 6.29 Å². The molecule has 0 aliphatic carbocycles. The summed E-state index contributed by atoms with van der Waals surface area (Å²) in [5.41, 5.74) is 0.939. The Labute approximate surface area is 97.6 Å². The zero-order chi connectivity index (χ0) is 12.3. The van der Waals surface area contributed by atoms with Gasteiger partial charge in [-0.25, -0.2) is 4.39 Å². The van der Waals surface area contributed by atoms with E-state index in [0.29, 0.717) is 12.0 Å². The first kappa shape index (κ1) is 11.3. The van der Waals surface area contributed by atoms with Gasteiger partial charge in [0.25, 0.3) is 0 Å². The number of aromatic nitrogens is 2. The summed E-state index contributed by atoms with van der Waals surface area (Å²) >= 11 is 0. The second kappa shape index (κ2) is 4.78. The van der Waals surface area contributed by atoms with Gasteiger partial charge in [0, 0.05) is 13.2 Å². The highest BCUT2D eigenvalue weighted by Crippen LogP contribution is 2.18. The summed E-state index contributed by atoms with van der Waals surface area (Å²) in [6, 6.07) is 5.63. The van der Waals surface area contributed by atoms with Crippen LogP contribution in [0.3, 0.4) is 0 Å². The molecule has 0 saturated heterocycles. The maximum atomic E-state index is 12.9. The van der Waals surface area contributed by atoms with Crippen LogP contribution in [-0.2, 0) is 13.7 Å². The number of rotatable bonds is 4. The Morgan fingerprint density at radius 2 is 2.29 bits per heavy atom. The van der Waals surface area contributed by atoms with Crippen LogP contribution in [0.2, 0.25) is 0 Å². The molecule has 0 N–H and O–H groups in total. The molecule has 88 valence electrons. The van der Waals surface area contributed by atoms with Crippen molar-refractivity contribution in [2.45, 2.75) is 6.61 Å². The van der Waals surface area contributed by atoms with Crippen LogP contribution in [0.25, 0.3) is 0 Å². The number of aldehydes is 1. The first-order chi connectivity index (χ1) is 8.19. The van der Waals surface area contributed by atoms with Gasteiger partial charge in [0.1, 0.15) is 18.2 Å². The summed E-state index contributed by atoms with van der Waals surface area (Å²) in [6.07, 6.45) is 2.36. The van der Waals surface area contributed by atoms with Gasteiger partial charge in [0.15, 0.2) is 6.29 Å². The molecule has 0 radical (unpaired) electrons. The Balaban J connectivity index is 2.11. The zero-order valence-electron chi connectivity index (χ0n) is 9.26. The molecule has 1 aromatic heterocycles. The van der Waals surface area contributed by atoms with E-state index in [1.165, 1.54) is 12.1 Å². The fraction of sp³-hybridized carbons (Fsp3) is 0.167. The van der Waals surface area contributed by atoms with Gasteiger partial charge in [-0.05, 0) is 24.3 Å². The number of benzene rings is 1. The summed E-state index contributed by atoms with van der Waals surface area (Å²) in [5, 5.41) is 4.13. The maximum Gasteiger partial charge on any atom is 0.153 e. The van der Waals surface area contributed by atoms with Crippen molar-refractivity contribution in [3.8, 4) is 5.75 Å². The van der Waals surface area contributed by atoms with Gasteiger partial charge >= 0.3 is 0 Å². The van der Waals surface area contributed by atoms with Crippen molar-refractivity contribution in [2.75, 3.05) is 0 Å². The minimum atomic E-state index is -0.461. The number of hydrogen-bond acceptors (Lipinski definition) is 3. The average molecular weight is 234 g/mol. The van der Waals surface area contributed by atoms with Crippen molar-refractivity contribution < 1.29 is 13.9 Å². The Morgan fingerprint density at radius 3 is 2.94 bits per heavy atom. The summed E-state index contributed by atoms with van der Waals surface area (Å²) in [6.45, 7) is 0.243. The Hall–Kier alpha value is -2.17. The summed E-state index contributed by atoms with van der Waals surface area (Å²) in [7, 11) is 1.80. The van der Waals surface area contributed by atoms with E-state index in [1.54, 1.807) is 17.9 Å². The predicted octanol–water partition coefficient (Wildman–Crippen LogP) is 1.95. The second-order valence-electron chi connectivity index (χ2n) is 3.57.